The Kier molecular flexibility index (Phi) is 17.7. The van der Waals surface area contributed by atoms with E-state index in [0.717, 1.165) is 39.3 Å². The molecule has 0 bridgehead atoms. The van der Waals surface area contributed by atoms with Crippen LogP contribution in [0.1, 0.15) is 58.8 Å². The third-order valence-corrected chi connectivity index (χ3v) is 2.82. The summed E-state index contributed by atoms with van der Waals surface area (Å²) < 4.78 is 20.8. The molecule has 0 spiro atoms. The molecule has 0 amide bonds. The van der Waals surface area contributed by atoms with Crippen molar-refractivity contribution in [2.24, 2.45) is 0 Å². The minimum atomic E-state index is 0.443. The Morgan fingerprint density at radius 2 is 0.842 bits per heavy atom. The van der Waals surface area contributed by atoms with Gasteiger partial charge in [0.25, 0.3) is 0 Å². The maximum atomic E-state index is 5.32. The first-order chi connectivity index (χ1) is 9.41. The van der Waals surface area contributed by atoms with Gasteiger partial charge in [-0.2, -0.15) is 0 Å². The fraction of sp³-hybridized carbons (Fsp3) is 1.00. The molecule has 0 rings (SSSR count). The Hall–Kier alpha value is -0.160. The van der Waals surface area contributed by atoms with Crippen molar-refractivity contribution >= 4 is 0 Å². The Morgan fingerprint density at radius 1 is 0.474 bits per heavy atom. The molecule has 0 atom stereocenters. The molecule has 0 saturated carbocycles. The van der Waals surface area contributed by atoms with Gasteiger partial charge < -0.3 is 18.9 Å². The second-order valence-electron chi connectivity index (χ2n) is 4.51. The molecule has 0 aromatic carbocycles. The van der Waals surface area contributed by atoms with Crippen LogP contribution >= 0.6 is 0 Å². The summed E-state index contributed by atoms with van der Waals surface area (Å²) in [6.07, 6.45) is 8.72. The second kappa shape index (κ2) is 17.8. The highest BCUT2D eigenvalue weighted by Crippen LogP contribution is 2.07. The molecule has 0 aliphatic carbocycles. The van der Waals surface area contributed by atoms with Gasteiger partial charge in [-0.1, -0.05) is 32.1 Å². The summed E-state index contributed by atoms with van der Waals surface area (Å²) >= 11 is 0. The van der Waals surface area contributed by atoms with Gasteiger partial charge in [-0.15, -0.1) is 0 Å². The third kappa shape index (κ3) is 17.8. The molecule has 0 aromatic rings. The highest BCUT2D eigenvalue weighted by Gasteiger charge is 1.93. The molecule has 4 nitrogen and oxygen atoms in total. The summed E-state index contributed by atoms with van der Waals surface area (Å²) in [7, 11) is 0. The topological polar surface area (TPSA) is 36.9 Å². The maximum Gasteiger partial charge on any atom is 0.146 e. The molecule has 116 valence electrons. The van der Waals surface area contributed by atoms with E-state index in [1.807, 2.05) is 13.8 Å². The molecule has 0 saturated heterocycles. The zero-order valence-electron chi connectivity index (χ0n) is 12.8. The molecule has 0 radical (unpaired) electrons. The standard InChI is InChI=1S/C15H32O4/c1-3-16-14-18-12-10-8-6-5-7-9-11-13-19-15-17-4-2/h3-15H2,1-2H3. The summed E-state index contributed by atoms with van der Waals surface area (Å²) in [5.41, 5.74) is 0. The normalized spacial score (nSPS) is 11.1. The van der Waals surface area contributed by atoms with E-state index in [1.54, 1.807) is 0 Å². The number of rotatable bonds is 16. The monoisotopic (exact) mass is 276 g/mol. The molecule has 0 fully saturated rings. The first-order valence-corrected chi connectivity index (χ1v) is 7.72. The SMILES string of the molecule is CCOCOCCCCCCCCCOCOCC. The van der Waals surface area contributed by atoms with E-state index in [2.05, 4.69) is 0 Å². The lowest BCUT2D eigenvalue weighted by molar-refractivity contribution is -0.0503. The summed E-state index contributed by atoms with van der Waals surface area (Å²) in [6, 6.07) is 0. The molecular weight excluding hydrogens is 244 g/mol. The third-order valence-electron chi connectivity index (χ3n) is 2.82. The van der Waals surface area contributed by atoms with E-state index in [1.165, 1.54) is 32.1 Å². The number of ether oxygens (including phenoxy) is 4. The van der Waals surface area contributed by atoms with Crippen LogP contribution in [0, 0.1) is 0 Å². The van der Waals surface area contributed by atoms with Crippen LogP contribution in [0.2, 0.25) is 0 Å². The van der Waals surface area contributed by atoms with Crippen LogP contribution in [0.25, 0.3) is 0 Å². The number of unbranched alkanes of at least 4 members (excludes halogenated alkanes) is 6. The van der Waals surface area contributed by atoms with Crippen molar-refractivity contribution in [1.82, 2.24) is 0 Å². The maximum absolute atomic E-state index is 5.32. The Balaban J connectivity index is 2.88. The quantitative estimate of drug-likeness (QED) is 0.318. The van der Waals surface area contributed by atoms with E-state index in [4.69, 9.17) is 18.9 Å². The van der Waals surface area contributed by atoms with Crippen molar-refractivity contribution < 1.29 is 18.9 Å². The second-order valence-corrected chi connectivity index (χ2v) is 4.51. The van der Waals surface area contributed by atoms with Crippen LogP contribution in [-0.2, 0) is 18.9 Å². The van der Waals surface area contributed by atoms with Gasteiger partial charge >= 0.3 is 0 Å². The summed E-state index contributed by atoms with van der Waals surface area (Å²) in [4.78, 5) is 0. The van der Waals surface area contributed by atoms with Crippen LogP contribution in [-0.4, -0.2) is 40.0 Å². The van der Waals surface area contributed by atoms with Crippen LogP contribution in [0.3, 0.4) is 0 Å². The van der Waals surface area contributed by atoms with E-state index in [9.17, 15) is 0 Å². The van der Waals surface area contributed by atoms with Crippen LogP contribution in [0.4, 0.5) is 0 Å². The fourth-order valence-electron chi connectivity index (χ4n) is 1.69. The van der Waals surface area contributed by atoms with Crippen molar-refractivity contribution in [3.8, 4) is 0 Å². The van der Waals surface area contributed by atoms with Gasteiger partial charge in [0.2, 0.25) is 0 Å². The van der Waals surface area contributed by atoms with Gasteiger partial charge in [0.1, 0.15) is 13.6 Å². The zero-order valence-corrected chi connectivity index (χ0v) is 12.8. The van der Waals surface area contributed by atoms with Gasteiger partial charge in [0.05, 0.1) is 0 Å². The number of hydrogen-bond donors (Lipinski definition) is 0. The predicted molar refractivity (Wildman–Crippen MR) is 77.2 cm³/mol. The molecule has 0 N–H and O–H groups in total. The Labute approximate surface area is 118 Å². The van der Waals surface area contributed by atoms with E-state index >= 15 is 0 Å². The summed E-state index contributed by atoms with van der Waals surface area (Å²) in [6.45, 7) is 7.95. The van der Waals surface area contributed by atoms with Crippen LogP contribution in [0.15, 0.2) is 0 Å². The van der Waals surface area contributed by atoms with Crippen molar-refractivity contribution in [3.05, 3.63) is 0 Å². The molecule has 0 heterocycles. The largest absolute Gasteiger partial charge is 0.356 e. The smallest absolute Gasteiger partial charge is 0.146 e. The van der Waals surface area contributed by atoms with Crippen molar-refractivity contribution in [1.29, 1.82) is 0 Å². The summed E-state index contributed by atoms with van der Waals surface area (Å²) in [5, 5.41) is 0. The Bertz CT molecular complexity index is 137. The van der Waals surface area contributed by atoms with E-state index < -0.39 is 0 Å². The van der Waals surface area contributed by atoms with Crippen LogP contribution in [0.5, 0.6) is 0 Å². The van der Waals surface area contributed by atoms with Gasteiger partial charge in [-0.25, -0.2) is 0 Å². The van der Waals surface area contributed by atoms with Crippen molar-refractivity contribution in [3.63, 3.8) is 0 Å². The minimum Gasteiger partial charge on any atom is -0.356 e. The molecule has 19 heavy (non-hydrogen) atoms. The first-order valence-electron chi connectivity index (χ1n) is 7.72. The average Bonchev–Trinajstić information content (AvgIpc) is 2.43. The molecular formula is C15H32O4. The van der Waals surface area contributed by atoms with Crippen molar-refractivity contribution in [2.75, 3.05) is 40.0 Å². The molecule has 0 aliphatic rings. The predicted octanol–water partition coefficient (Wildman–Crippen LogP) is 3.74. The lowest BCUT2D eigenvalue weighted by atomic mass is 10.1. The first kappa shape index (κ1) is 18.8. The lowest BCUT2D eigenvalue weighted by Crippen LogP contribution is -2.01. The van der Waals surface area contributed by atoms with Gasteiger partial charge in [-0.3, -0.25) is 0 Å². The Morgan fingerprint density at radius 3 is 1.21 bits per heavy atom. The minimum absolute atomic E-state index is 0.443. The molecule has 0 aromatic heterocycles. The average molecular weight is 276 g/mol. The molecule has 4 heteroatoms. The van der Waals surface area contributed by atoms with Crippen molar-refractivity contribution in [2.45, 2.75) is 58.8 Å². The highest BCUT2D eigenvalue weighted by atomic mass is 16.7. The van der Waals surface area contributed by atoms with Gasteiger partial charge in [-0.05, 0) is 26.7 Å². The van der Waals surface area contributed by atoms with Gasteiger partial charge in [0, 0.05) is 26.4 Å². The highest BCUT2D eigenvalue weighted by molar-refractivity contribution is 4.45. The summed E-state index contributed by atoms with van der Waals surface area (Å²) in [5.74, 6) is 0. The zero-order chi connectivity index (χ0) is 14.0. The van der Waals surface area contributed by atoms with Crippen LogP contribution < -0.4 is 0 Å². The molecule has 0 aliphatic heterocycles. The lowest BCUT2D eigenvalue weighted by Gasteiger charge is -2.05. The van der Waals surface area contributed by atoms with E-state index in [0.29, 0.717) is 13.6 Å². The van der Waals surface area contributed by atoms with E-state index in [-0.39, 0.29) is 0 Å². The van der Waals surface area contributed by atoms with Gasteiger partial charge in [0.15, 0.2) is 0 Å². The number of hydrogen-bond acceptors (Lipinski definition) is 4. The fourth-order valence-corrected chi connectivity index (χ4v) is 1.69. The molecule has 0 unspecified atom stereocenters.